The molecule has 0 aliphatic heterocycles. The van der Waals surface area contributed by atoms with Crippen molar-refractivity contribution in [3.8, 4) is 23.7 Å². The van der Waals surface area contributed by atoms with Gasteiger partial charge in [0, 0.05) is 38.9 Å². The average Bonchev–Trinajstić information content (AvgIpc) is 3.52. The van der Waals surface area contributed by atoms with Crippen molar-refractivity contribution in [2.24, 2.45) is 0 Å². The number of aryl methyl sites for hydroxylation is 6. The van der Waals surface area contributed by atoms with Crippen molar-refractivity contribution in [3.63, 3.8) is 0 Å². The van der Waals surface area contributed by atoms with Gasteiger partial charge in [0.2, 0.25) is 0 Å². The number of unbranched alkanes of at least 4 members (excludes halogenated alkanes) is 4. The molecule has 2 N–H and O–H groups in total. The molecule has 0 saturated carbocycles. The highest BCUT2D eigenvalue weighted by atomic mass is 127. The minimum Gasteiger partial charge on any atom is -0.423 e. The molecule has 81 heavy (non-hydrogen) atoms. The molecule has 0 aromatic heterocycles. The van der Waals surface area contributed by atoms with Gasteiger partial charge in [0.25, 0.3) is 0 Å². The average molecular weight is 1200 g/mol. The predicted octanol–water partition coefficient (Wildman–Crippen LogP) is 19.7. The van der Waals surface area contributed by atoms with Gasteiger partial charge in [-0.3, -0.25) is 0 Å². The summed E-state index contributed by atoms with van der Waals surface area (Å²) in [6.45, 7) is 13.0. The van der Waals surface area contributed by atoms with Gasteiger partial charge in [0.15, 0.2) is 21.3 Å². The summed E-state index contributed by atoms with van der Waals surface area (Å²) in [4.78, 5) is 0. The fourth-order valence-electron chi connectivity index (χ4n) is 9.20. The predicted molar refractivity (Wildman–Crippen MR) is 348 cm³/mol. The highest BCUT2D eigenvalue weighted by Gasteiger charge is 2.14. The molecule has 2 nitrogen and oxygen atoms in total. The molecule has 0 unspecified atom stereocenters. The largest absolute Gasteiger partial charge is 0.488 e. The third kappa shape index (κ3) is 19.8. The van der Waals surface area contributed by atoms with Crippen LogP contribution in [0.4, 0.5) is 17.6 Å². The van der Waals surface area contributed by atoms with E-state index in [0.29, 0.717) is 11.0 Å². The fraction of sp³-hybridized carbons (Fsp3) is 0.288. The first-order valence-electron chi connectivity index (χ1n) is 28.4. The van der Waals surface area contributed by atoms with E-state index in [2.05, 4.69) is 102 Å². The second-order valence-electron chi connectivity index (χ2n) is 20.2. The molecule has 0 fully saturated rings. The Hall–Kier alpha value is -6.69. The van der Waals surface area contributed by atoms with Crippen LogP contribution >= 0.6 is 22.6 Å². The zero-order chi connectivity index (χ0) is 57.4. The van der Waals surface area contributed by atoms with Crippen LogP contribution in [0.1, 0.15) is 173 Å². The maximum absolute atomic E-state index is 15.1. The molecule has 0 bridgehead atoms. The van der Waals surface area contributed by atoms with Crippen molar-refractivity contribution in [1.82, 2.24) is 0 Å². The molecule has 8 aromatic carbocycles. The molecular weight excluding hydrogens is 1120 g/mol. The van der Waals surface area contributed by atoms with Gasteiger partial charge in [0.05, 0.1) is 0 Å². The van der Waals surface area contributed by atoms with Crippen molar-refractivity contribution in [1.29, 1.82) is 0 Å². The van der Waals surface area contributed by atoms with Gasteiger partial charge in [-0.05, 0) is 190 Å². The molecule has 0 aliphatic carbocycles. The van der Waals surface area contributed by atoms with E-state index in [1.165, 1.54) is 76.1 Å². The lowest BCUT2D eigenvalue weighted by Crippen LogP contribution is -2.29. The first-order valence-corrected chi connectivity index (χ1v) is 29.5. The zero-order valence-corrected chi connectivity index (χ0v) is 49.4. The Bertz CT molecular complexity index is 3500. The van der Waals surface area contributed by atoms with E-state index in [9.17, 15) is 23.2 Å². The first-order chi connectivity index (χ1) is 38.8. The Morgan fingerprint density at radius 2 is 0.753 bits per heavy atom. The molecule has 0 radical (unpaired) electrons. The lowest BCUT2D eigenvalue weighted by Gasteiger charge is -2.07. The van der Waals surface area contributed by atoms with Gasteiger partial charge in [-0.15, -0.1) is 0 Å². The van der Waals surface area contributed by atoms with E-state index in [0.717, 1.165) is 114 Å². The Labute approximate surface area is 495 Å². The van der Waals surface area contributed by atoms with E-state index in [4.69, 9.17) is 0 Å². The van der Waals surface area contributed by atoms with Gasteiger partial charge in [0.1, 0.15) is 0 Å². The third-order valence-corrected chi connectivity index (χ3v) is 14.6. The number of halogens is 5. The maximum atomic E-state index is 15.1. The Morgan fingerprint density at radius 1 is 0.395 bits per heavy atom. The molecule has 420 valence electrons. The molecule has 0 atom stereocenters. The lowest BCUT2D eigenvalue weighted by atomic mass is 9.79. The van der Waals surface area contributed by atoms with Crippen LogP contribution in [0.25, 0.3) is 39.0 Å². The van der Waals surface area contributed by atoms with Gasteiger partial charge < -0.3 is 10.0 Å². The number of benzene rings is 8. The zero-order valence-electron chi connectivity index (χ0n) is 47.3. The molecule has 0 heterocycles. The fourth-order valence-corrected chi connectivity index (χ4v) is 9.51. The van der Waals surface area contributed by atoms with Crippen molar-refractivity contribution in [2.75, 3.05) is 0 Å². The summed E-state index contributed by atoms with van der Waals surface area (Å²) in [7, 11) is -1.44. The van der Waals surface area contributed by atoms with Crippen LogP contribution in [-0.4, -0.2) is 17.2 Å². The van der Waals surface area contributed by atoms with Crippen molar-refractivity contribution in [3.05, 3.63) is 234 Å². The molecule has 8 rings (SSSR count). The van der Waals surface area contributed by atoms with Gasteiger partial charge >= 0.3 is 7.12 Å². The van der Waals surface area contributed by atoms with Gasteiger partial charge in [-0.1, -0.05) is 214 Å². The summed E-state index contributed by atoms with van der Waals surface area (Å²) >= 11 is 1.34. The van der Waals surface area contributed by atoms with Crippen molar-refractivity contribution >= 4 is 74.2 Å². The molecule has 8 aromatic rings. The third-order valence-electron chi connectivity index (χ3n) is 14.1. The van der Waals surface area contributed by atoms with E-state index in [1.54, 1.807) is 48.5 Å². The van der Waals surface area contributed by atoms with Crippen LogP contribution in [-0.2, 0) is 38.5 Å². The standard InChI is InChI=1S/C36H36F2.C24H25BO2.C12H13F2I.CH4/c1-4-7-9-26-11-18-31(19-12-26)35(37)36(38)34-22-21-32-24-28(15-20-33(32)25-34)14-17-30-16-13-27(10-8-5-2)23-29(30)6-3;1-3-5-6-18-7-10-21(20(4-2)15-18)11-8-19-9-12-23-17-24(25(26)27)14-13-22(23)16-19;1-2-3-4-9-5-7-10(8-6-9)11(13)12(14)15;/h11-13,15-16,18-25H,4-10H2,1-3H3;7,9-10,12-17,26-27H,3-6H2,1-2H3;5-8H,2-4H2,1H3;1H4/b36-35+;;12-11-;. The Balaban J connectivity index is 0.000000243. The highest BCUT2D eigenvalue weighted by Crippen LogP contribution is 2.32. The van der Waals surface area contributed by atoms with Crippen molar-refractivity contribution < 1.29 is 27.6 Å². The molecule has 0 amide bonds. The Morgan fingerprint density at radius 3 is 1.17 bits per heavy atom. The highest BCUT2D eigenvalue weighted by molar-refractivity contribution is 14.1. The van der Waals surface area contributed by atoms with Crippen LogP contribution in [0.3, 0.4) is 0 Å². The smallest absolute Gasteiger partial charge is 0.423 e. The SMILES string of the molecule is C.CCCCc1ccc(/C(F)=C(\F)I)cc1.CCCCc1ccc(/C(F)=C(\F)c2ccc3cc(C#Cc4ccc(CCCC)cc4CC)ccc3c2)cc1.CCCCc1ccc(C#Cc2ccc3cc(B(O)O)ccc3c2)c(CC)c1. The summed E-state index contributed by atoms with van der Waals surface area (Å²) in [6.07, 6.45) is 15.4. The van der Waals surface area contributed by atoms with Gasteiger partial charge in [-0.2, -0.15) is 4.39 Å². The molecule has 0 aliphatic rings. The molecule has 0 saturated heterocycles. The summed E-state index contributed by atoms with van der Waals surface area (Å²) in [5, 5.41) is 22.4. The minimum absolute atomic E-state index is 0. The second-order valence-corrected chi connectivity index (χ2v) is 21.1. The van der Waals surface area contributed by atoms with Gasteiger partial charge in [-0.25, -0.2) is 13.2 Å². The minimum atomic E-state index is -1.44. The van der Waals surface area contributed by atoms with Crippen LogP contribution in [0.15, 0.2) is 162 Å². The van der Waals surface area contributed by atoms with Crippen LogP contribution in [0, 0.1) is 23.7 Å². The van der Waals surface area contributed by atoms with E-state index >= 15 is 4.39 Å². The lowest BCUT2D eigenvalue weighted by molar-refractivity contribution is 0.426. The second kappa shape index (κ2) is 33.9. The molecule has 0 spiro atoms. The number of rotatable bonds is 18. The monoisotopic (exact) mass is 1200 g/mol. The summed E-state index contributed by atoms with van der Waals surface area (Å²) < 4.78 is 55.0. The topological polar surface area (TPSA) is 40.5 Å². The number of hydrogen-bond acceptors (Lipinski definition) is 2. The van der Waals surface area contributed by atoms with E-state index in [1.807, 2.05) is 72.8 Å². The summed E-state index contributed by atoms with van der Waals surface area (Å²) in [5.74, 6) is 10.8. The van der Waals surface area contributed by atoms with E-state index in [-0.39, 0.29) is 18.6 Å². The van der Waals surface area contributed by atoms with Crippen molar-refractivity contribution in [2.45, 2.75) is 139 Å². The van der Waals surface area contributed by atoms with Crippen LogP contribution < -0.4 is 5.46 Å². The number of hydrogen-bond donors (Lipinski definition) is 2. The maximum Gasteiger partial charge on any atom is 0.488 e. The molecular formula is C73H78BF4IO2. The summed E-state index contributed by atoms with van der Waals surface area (Å²) in [6, 6.07) is 49.7. The molecule has 8 heteroatoms. The normalized spacial score (nSPS) is 11.3. The summed E-state index contributed by atoms with van der Waals surface area (Å²) in [5.41, 5.74) is 13.0. The number of fused-ring (bicyclic) bond motifs is 2. The van der Waals surface area contributed by atoms with Crippen LogP contribution in [0.5, 0.6) is 0 Å². The quantitative estimate of drug-likeness (QED) is 0.0296. The first kappa shape index (κ1) is 65.1. The van der Waals surface area contributed by atoms with E-state index < -0.39 is 28.4 Å². The Kier molecular flexibility index (Phi) is 27.3. The van der Waals surface area contributed by atoms with Crippen LogP contribution in [0.2, 0.25) is 0 Å².